The minimum Gasteiger partial charge on any atom is -0.459 e. The monoisotopic (exact) mass is 380 g/mol. The van der Waals surface area contributed by atoms with Crippen LogP contribution in [0.2, 0.25) is 0 Å². The van der Waals surface area contributed by atoms with Gasteiger partial charge in [-0.15, -0.1) is 0 Å². The van der Waals surface area contributed by atoms with E-state index in [1.807, 2.05) is 12.1 Å². The summed E-state index contributed by atoms with van der Waals surface area (Å²) in [5, 5.41) is 0. The van der Waals surface area contributed by atoms with Gasteiger partial charge >= 0.3 is 0 Å². The standard InChI is InChI=1S/C23H34F2O2/c1-2-4-17-7-9-18(10-8-17)19-11-13-20(14-12-19)21-5-3-6-22(26-15-24)23(21)27-16-25/h3,5-6,17-20H,2,4,7-16H2,1H3. The maximum absolute atomic E-state index is 12.9. The van der Waals surface area contributed by atoms with Crippen molar-refractivity contribution in [2.75, 3.05) is 13.7 Å². The van der Waals surface area contributed by atoms with Crippen LogP contribution in [0.1, 0.15) is 82.6 Å². The van der Waals surface area contributed by atoms with Gasteiger partial charge in [-0.2, -0.15) is 0 Å². The van der Waals surface area contributed by atoms with Crippen molar-refractivity contribution in [1.29, 1.82) is 0 Å². The van der Waals surface area contributed by atoms with Gasteiger partial charge < -0.3 is 9.47 Å². The number of hydrogen-bond acceptors (Lipinski definition) is 2. The number of rotatable bonds is 8. The van der Waals surface area contributed by atoms with Gasteiger partial charge in [-0.1, -0.05) is 44.7 Å². The summed E-state index contributed by atoms with van der Waals surface area (Å²) in [6.45, 7) is 0.442. The number of hydrogen-bond donors (Lipinski definition) is 0. The summed E-state index contributed by atoms with van der Waals surface area (Å²) in [7, 11) is 0. The first kappa shape index (κ1) is 20.4. The second-order valence-electron chi connectivity index (χ2n) is 8.36. The highest BCUT2D eigenvalue weighted by Gasteiger charge is 2.32. The Bertz CT molecular complexity index is 561. The average molecular weight is 381 g/mol. The maximum Gasteiger partial charge on any atom is 0.228 e. The molecule has 27 heavy (non-hydrogen) atoms. The van der Waals surface area contributed by atoms with Crippen LogP contribution in [0.25, 0.3) is 0 Å². The Hall–Kier alpha value is -1.32. The smallest absolute Gasteiger partial charge is 0.228 e. The molecule has 0 aliphatic heterocycles. The van der Waals surface area contributed by atoms with E-state index in [-0.39, 0.29) is 0 Å². The van der Waals surface area contributed by atoms with E-state index in [4.69, 9.17) is 9.47 Å². The van der Waals surface area contributed by atoms with E-state index in [2.05, 4.69) is 6.92 Å². The van der Waals surface area contributed by atoms with Crippen molar-refractivity contribution in [3.8, 4) is 11.5 Å². The SMILES string of the molecule is CCCC1CCC(C2CCC(c3cccc(OCF)c3OCF)CC2)CC1. The van der Waals surface area contributed by atoms with Gasteiger partial charge in [-0.25, -0.2) is 8.78 Å². The lowest BCUT2D eigenvalue weighted by atomic mass is 9.68. The van der Waals surface area contributed by atoms with Gasteiger partial charge in [0, 0.05) is 5.56 Å². The van der Waals surface area contributed by atoms with E-state index in [0.717, 1.165) is 36.2 Å². The highest BCUT2D eigenvalue weighted by atomic mass is 19.1. The summed E-state index contributed by atoms with van der Waals surface area (Å²) in [5.74, 6) is 3.73. The summed E-state index contributed by atoms with van der Waals surface area (Å²) in [6, 6.07) is 5.48. The van der Waals surface area contributed by atoms with Gasteiger partial charge in [0.1, 0.15) is 0 Å². The highest BCUT2D eigenvalue weighted by Crippen LogP contribution is 2.47. The predicted molar refractivity (Wildman–Crippen MR) is 105 cm³/mol. The summed E-state index contributed by atoms with van der Waals surface area (Å²) in [6.07, 6.45) is 13.0. The fourth-order valence-corrected chi connectivity index (χ4v) is 5.49. The first-order valence-corrected chi connectivity index (χ1v) is 10.8. The lowest BCUT2D eigenvalue weighted by Crippen LogP contribution is -2.25. The van der Waals surface area contributed by atoms with E-state index in [0.29, 0.717) is 17.4 Å². The number of para-hydroxylation sites is 1. The molecule has 152 valence electrons. The molecule has 4 heteroatoms. The third-order valence-corrected chi connectivity index (χ3v) is 6.88. The van der Waals surface area contributed by atoms with Crippen LogP contribution >= 0.6 is 0 Å². The van der Waals surface area contributed by atoms with Crippen LogP contribution in [0.3, 0.4) is 0 Å². The fourth-order valence-electron chi connectivity index (χ4n) is 5.49. The van der Waals surface area contributed by atoms with Crippen molar-refractivity contribution in [1.82, 2.24) is 0 Å². The van der Waals surface area contributed by atoms with E-state index in [1.165, 1.54) is 51.4 Å². The Morgan fingerprint density at radius 2 is 1.48 bits per heavy atom. The number of halogens is 2. The van der Waals surface area contributed by atoms with Crippen molar-refractivity contribution in [3.63, 3.8) is 0 Å². The Kier molecular flexibility index (Phi) is 7.78. The molecular weight excluding hydrogens is 346 g/mol. The topological polar surface area (TPSA) is 18.5 Å². The third kappa shape index (κ3) is 5.14. The van der Waals surface area contributed by atoms with E-state index in [1.54, 1.807) is 6.07 Å². The van der Waals surface area contributed by atoms with E-state index < -0.39 is 13.7 Å². The van der Waals surface area contributed by atoms with Gasteiger partial charge in [-0.3, -0.25) is 0 Å². The van der Waals surface area contributed by atoms with Crippen LogP contribution in [0.15, 0.2) is 18.2 Å². The average Bonchev–Trinajstić information content (AvgIpc) is 2.71. The number of ether oxygens (including phenoxy) is 2. The van der Waals surface area contributed by atoms with Crippen molar-refractivity contribution < 1.29 is 18.3 Å². The Morgan fingerprint density at radius 3 is 2.07 bits per heavy atom. The molecule has 2 saturated carbocycles. The van der Waals surface area contributed by atoms with Crippen molar-refractivity contribution >= 4 is 0 Å². The molecule has 0 bridgehead atoms. The predicted octanol–water partition coefficient (Wildman–Crippen LogP) is 7.18. The summed E-state index contributed by atoms with van der Waals surface area (Å²) < 4.78 is 35.7. The van der Waals surface area contributed by atoms with Crippen LogP contribution in [0, 0.1) is 17.8 Å². The molecule has 0 amide bonds. The third-order valence-electron chi connectivity index (χ3n) is 6.88. The molecule has 2 nitrogen and oxygen atoms in total. The van der Waals surface area contributed by atoms with Gasteiger partial charge in [0.25, 0.3) is 0 Å². The number of benzene rings is 1. The lowest BCUT2D eigenvalue weighted by molar-refractivity contribution is 0.147. The highest BCUT2D eigenvalue weighted by molar-refractivity contribution is 5.48. The number of alkyl halides is 2. The molecule has 3 rings (SSSR count). The quantitative estimate of drug-likeness (QED) is 0.475. The molecule has 0 atom stereocenters. The normalized spacial score (nSPS) is 28.7. The molecule has 0 N–H and O–H groups in total. The fraction of sp³-hybridized carbons (Fsp3) is 0.739. The van der Waals surface area contributed by atoms with Crippen molar-refractivity contribution in [2.24, 2.45) is 17.8 Å². The molecule has 2 aliphatic carbocycles. The molecule has 0 unspecified atom stereocenters. The molecule has 0 aromatic heterocycles. The van der Waals surface area contributed by atoms with Crippen molar-refractivity contribution in [3.05, 3.63) is 23.8 Å². The molecule has 1 aromatic carbocycles. The van der Waals surface area contributed by atoms with Gasteiger partial charge in [0.05, 0.1) is 0 Å². The second kappa shape index (κ2) is 10.3. The zero-order valence-electron chi connectivity index (χ0n) is 16.6. The van der Waals surface area contributed by atoms with E-state index in [9.17, 15) is 8.78 Å². The lowest BCUT2D eigenvalue weighted by Gasteiger charge is -2.38. The molecule has 0 heterocycles. The minimum atomic E-state index is -0.931. The van der Waals surface area contributed by atoms with Crippen LogP contribution in [0.5, 0.6) is 11.5 Å². The van der Waals surface area contributed by atoms with Crippen LogP contribution < -0.4 is 9.47 Å². The first-order chi connectivity index (χ1) is 13.3. The Balaban J connectivity index is 1.58. The zero-order valence-corrected chi connectivity index (χ0v) is 16.6. The Morgan fingerprint density at radius 1 is 0.852 bits per heavy atom. The molecule has 2 aliphatic rings. The molecule has 2 fully saturated rings. The summed E-state index contributed by atoms with van der Waals surface area (Å²) in [4.78, 5) is 0. The summed E-state index contributed by atoms with van der Waals surface area (Å²) >= 11 is 0. The first-order valence-electron chi connectivity index (χ1n) is 10.8. The van der Waals surface area contributed by atoms with Gasteiger partial charge in [-0.05, 0) is 68.3 Å². The van der Waals surface area contributed by atoms with Crippen molar-refractivity contribution in [2.45, 2.75) is 77.0 Å². The molecule has 0 spiro atoms. The minimum absolute atomic E-state index is 0.309. The Labute approximate surface area is 162 Å². The maximum atomic E-state index is 12.9. The van der Waals surface area contributed by atoms with Gasteiger partial charge in [0.15, 0.2) is 11.5 Å². The van der Waals surface area contributed by atoms with Gasteiger partial charge in [0.2, 0.25) is 13.7 Å². The molecule has 1 aromatic rings. The molecule has 0 radical (unpaired) electrons. The molecular formula is C23H34F2O2. The molecule has 0 saturated heterocycles. The zero-order chi connectivity index (χ0) is 19.1. The van der Waals surface area contributed by atoms with E-state index >= 15 is 0 Å². The summed E-state index contributed by atoms with van der Waals surface area (Å²) in [5.41, 5.74) is 0.976. The second-order valence-corrected chi connectivity index (χ2v) is 8.36. The van der Waals surface area contributed by atoms with Crippen LogP contribution in [-0.4, -0.2) is 13.7 Å². The van der Waals surface area contributed by atoms with Crippen LogP contribution in [-0.2, 0) is 0 Å². The largest absolute Gasteiger partial charge is 0.459 e. The van der Waals surface area contributed by atoms with Crippen LogP contribution in [0.4, 0.5) is 8.78 Å².